The average molecular weight is 110 g/mol. The summed E-state index contributed by atoms with van der Waals surface area (Å²) in [5.41, 5.74) is 6.48. The van der Waals surface area contributed by atoms with Crippen molar-refractivity contribution in [2.45, 2.75) is 32.6 Å². The predicted octanol–water partition coefficient (Wildman–Crippen LogP) is 1.81. The minimum Gasteiger partial charge on any atom is -0.252 e. The minimum absolute atomic E-state index is 0.900. The van der Waals surface area contributed by atoms with E-state index in [-0.39, 0.29) is 0 Å². The molecule has 0 aliphatic carbocycles. The molecule has 0 aliphatic rings. The summed E-state index contributed by atoms with van der Waals surface area (Å²) in [5, 5.41) is 0. The molecule has 0 amide bonds. The Balaban J connectivity index is 2.79. The van der Waals surface area contributed by atoms with Crippen LogP contribution in [0.2, 0.25) is 0 Å². The second-order valence-corrected chi connectivity index (χ2v) is 1.76. The van der Waals surface area contributed by atoms with Crippen LogP contribution >= 0.6 is 0 Å². The number of rotatable bonds is 3. The first-order valence-corrected chi connectivity index (χ1v) is 3.06. The fraction of sp³-hybridized carbons (Fsp3) is 0.714. The quantitative estimate of drug-likeness (QED) is 0.391. The molecule has 0 saturated carbocycles. The first-order chi connectivity index (χ1) is 3.91. The fourth-order valence-electron chi connectivity index (χ4n) is 0.526. The van der Waals surface area contributed by atoms with Gasteiger partial charge in [-0.2, -0.15) is 0 Å². The molecule has 0 heterocycles. The summed E-state index contributed by atoms with van der Waals surface area (Å²) >= 11 is 0. The van der Waals surface area contributed by atoms with Crippen LogP contribution in [0.5, 0.6) is 0 Å². The van der Waals surface area contributed by atoms with Crippen molar-refractivity contribution in [3.05, 3.63) is 0 Å². The Morgan fingerprint density at radius 3 is 2.62 bits per heavy atom. The topological polar surface area (TPSA) is 23.8 Å². The lowest BCUT2D eigenvalue weighted by Gasteiger charge is -1.86. The van der Waals surface area contributed by atoms with Crippen molar-refractivity contribution >= 4 is 0 Å². The molecule has 0 aromatic heterocycles. The van der Waals surface area contributed by atoms with Gasteiger partial charge in [0.25, 0.3) is 0 Å². The number of nitrogens with one attached hydrogen (secondary N) is 1. The van der Waals surface area contributed by atoms with Crippen molar-refractivity contribution in [1.29, 1.82) is 0 Å². The van der Waals surface area contributed by atoms with E-state index in [2.05, 4.69) is 18.9 Å². The molecule has 0 spiro atoms. The number of hydrogen-bond donors (Lipinski definition) is 0. The van der Waals surface area contributed by atoms with E-state index in [0.717, 1.165) is 12.8 Å². The van der Waals surface area contributed by atoms with Crippen LogP contribution in [0, 0.1) is 12.0 Å². The van der Waals surface area contributed by atoms with Gasteiger partial charge >= 0.3 is 0 Å². The molecule has 0 unspecified atom stereocenters. The molecule has 0 aliphatic heterocycles. The third-order valence-electron chi connectivity index (χ3n) is 0.994. The van der Waals surface area contributed by atoms with E-state index in [1.165, 1.54) is 12.8 Å². The van der Waals surface area contributed by atoms with E-state index < -0.39 is 0 Å². The fourth-order valence-corrected chi connectivity index (χ4v) is 0.526. The van der Waals surface area contributed by atoms with Gasteiger partial charge in [-0.25, -0.2) is 0 Å². The zero-order chi connectivity index (χ0) is 6.24. The van der Waals surface area contributed by atoms with Crippen LogP contribution in [0.1, 0.15) is 32.6 Å². The van der Waals surface area contributed by atoms with Gasteiger partial charge < -0.3 is 0 Å². The van der Waals surface area contributed by atoms with Gasteiger partial charge in [0.05, 0.1) is 0 Å². The third-order valence-corrected chi connectivity index (χ3v) is 0.994. The highest BCUT2D eigenvalue weighted by Crippen LogP contribution is 1.95. The molecule has 45 valence electrons. The van der Waals surface area contributed by atoms with Crippen molar-refractivity contribution in [3.8, 4) is 12.0 Å². The van der Waals surface area contributed by atoms with E-state index >= 15 is 0 Å². The Morgan fingerprint density at radius 1 is 1.38 bits per heavy atom. The zero-order valence-corrected chi connectivity index (χ0v) is 5.33. The molecule has 1 N–H and O–H groups in total. The third kappa shape index (κ3) is 5.36. The first-order valence-electron chi connectivity index (χ1n) is 3.06. The predicted molar refractivity (Wildman–Crippen MR) is 35.0 cm³/mol. The molecule has 1 heteroatoms. The van der Waals surface area contributed by atoms with Crippen molar-refractivity contribution in [2.75, 3.05) is 0 Å². The lowest BCUT2D eigenvalue weighted by atomic mass is 10.2. The maximum atomic E-state index is 6.48. The second-order valence-electron chi connectivity index (χ2n) is 1.76. The maximum absolute atomic E-state index is 6.48. The van der Waals surface area contributed by atoms with Gasteiger partial charge in [-0.15, -0.1) is 0 Å². The summed E-state index contributed by atoms with van der Waals surface area (Å²) in [6.45, 7) is 2.16. The molecule has 0 rings (SSSR count). The monoisotopic (exact) mass is 110 g/mol. The Hall–Kier alpha value is -0.640. The van der Waals surface area contributed by atoms with Crippen LogP contribution in [-0.2, 0) is 0 Å². The van der Waals surface area contributed by atoms with Crippen LogP contribution in [0.4, 0.5) is 0 Å². The molecule has 0 aromatic carbocycles. The average Bonchev–Trinajstić information content (AvgIpc) is 1.81. The van der Waals surface area contributed by atoms with Gasteiger partial charge in [-0.3, -0.25) is 5.73 Å². The Kier molecular flexibility index (Phi) is 5.85. The second kappa shape index (κ2) is 6.36. The van der Waals surface area contributed by atoms with Gasteiger partial charge in [0.1, 0.15) is 0 Å². The standard InChI is InChI=1S/C7H12N/c1-2-3-4-5-6-7-8/h8H,2-5H2,1H3. The van der Waals surface area contributed by atoms with E-state index in [9.17, 15) is 0 Å². The van der Waals surface area contributed by atoms with E-state index in [4.69, 9.17) is 5.73 Å². The maximum Gasteiger partial charge on any atom is 0.0254 e. The highest BCUT2D eigenvalue weighted by Gasteiger charge is 1.78. The summed E-state index contributed by atoms with van der Waals surface area (Å²) in [4.78, 5) is 0. The largest absolute Gasteiger partial charge is 0.252 e. The van der Waals surface area contributed by atoms with Crippen molar-refractivity contribution < 1.29 is 0 Å². The highest BCUT2D eigenvalue weighted by atomic mass is 14.4. The molecular formula is C7H12N. The Labute approximate surface area is 51.3 Å². The van der Waals surface area contributed by atoms with Gasteiger partial charge in [0.15, 0.2) is 0 Å². The molecule has 0 bridgehead atoms. The Morgan fingerprint density at radius 2 is 2.12 bits per heavy atom. The molecular weight excluding hydrogens is 98.1 g/mol. The summed E-state index contributed by atoms with van der Waals surface area (Å²) in [6, 6.07) is 2.13. The molecule has 1 radical (unpaired) electrons. The molecule has 1 nitrogen and oxygen atoms in total. The molecule has 0 aromatic rings. The van der Waals surface area contributed by atoms with E-state index in [0.29, 0.717) is 0 Å². The smallest absolute Gasteiger partial charge is 0.0254 e. The molecule has 0 atom stereocenters. The van der Waals surface area contributed by atoms with Gasteiger partial charge in [0.2, 0.25) is 0 Å². The van der Waals surface area contributed by atoms with Gasteiger partial charge in [-0.05, 0) is 6.42 Å². The first kappa shape index (κ1) is 7.36. The van der Waals surface area contributed by atoms with Gasteiger partial charge in [-0.1, -0.05) is 25.7 Å². The van der Waals surface area contributed by atoms with Crippen molar-refractivity contribution in [1.82, 2.24) is 5.73 Å². The summed E-state index contributed by atoms with van der Waals surface area (Å²) in [6.07, 6.45) is 4.54. The van der Waals surface area contributed by atoms with Gasteiger partial charge in [0, 0.05) is 12.5 Å². The number of unbranched alkanes of at least 4 members (excludes halogenated alkanes) is 3. The normalized spacial score (nSPS) is 7.62. The van der Waals surface area contributed by atoms with Crippen LogP contribution in [0.25, 0.3) is 0 Å². The van der Waals surface area contributed by atoms with Crippen LogP contribution in [0.3, 0.4) is 0 Å². The molecule has 0 fully saturated rings. The summed E-state index contributed by atoms with van der Waals surface area (Å²) in [7, 11) is 0. The summed E-state index contributed by atoms with van der Waals surface area (Å²) in [5.74, 6) is 2.70. The van der Waals surface area contributed by atoms with Crippen molar-refractivity contribution in [2.24, 2.45) is 0 Å². The molecule has 8 heavy (non-hydrogen) atoms. The van der Waals surface area contributed by atoms with E-state index in [1.807, 2.05) is 0 Å². The van der Waals surface area contributed by atoms with Crippen molar-refractivity contribution in [3.63, 3.8) is 0 Å². The SMILES string of the molecule is CCCCCC#C[NH]. The lowest BCUT2D eigenvalue weighted by molar-refractivity contribution is 0.737. The van der Waals surface area contributed by atoms with Crippen LogP contribution in [-0.4, -0.2) is 0 Å². The molecule has 0 saturated heterocycles. The summed E-state index contributed by atoms with van der Waals surface area (Å²) < 4.78 is 0. The highest BCUT2D eigenvalue weighted by molar-refractivity contribution is 4.92. The zero-order valence-electron chi connectivity index (χ0n) is 5.33. The van der Waals surface area contributed by atoms with E-state index in [1.54, 1.807) is 0 Å². The van der Waals surface area contributed by atoms with Crippen LogP contribution in [0.15, 0.2) is 0 Å². The lowest BCUT2D eigenvalue weighted by Crippen LogP contribution is -1.70. The number of hydrogen-bond acceptors (Lipinski definition) is 0. The minimum atomic E-state index is 0.900. The van der Waals surface area contributed by atoms with Crippen LogP contribution < -0.4 is 5.73 Å². The Bertz CT molecular complexity index is 86.3.